The second-order valence-corrected chi connectivity index (χ2v) is 8.11. The van der Waals surface area contributed by atoms with E-state index in [0.29, 0.717) is 18.3 Å². The van der Waals surface area contributed by atoms with Gasteiger partial charge in [0.25, 0.3) is 0 Å². The summed E-state index contributed by atoms with van der Waals surface area (Å²) in [7, 11) is -2.76. The second kappa shape index (κ2) is 4.65. The SMILES string of the molecule is CC(C)C1CC(NCC2CCCS2(=O)=O)C1. The molecule has 94 valence electrons. The maximum atomic E-state index is 11.6. The van der Waals surface area contributed by atoms with Crippen molar-refractivity contribution < 1.29 is 8.42 Å². The number of hydrogen-bond donors (Lipinski definition) is 1. The zero-order chi connectivity index (χ0) is 11.8. The van der Waals surface area contributed by atoms with Gasteiger partial charge in [-0.3, -0.25) is 0 Å². The number of hydrogen-bond acceptors (Lipinski definition) is 3. The van der Waals surface area contributed by atoms with Crippen molar-refractivity contribution in [2.24, 2.45) is 11.8 Å². The second-order valence-electron chi connectivity index (χ2n) is 5.71. The molecule has 1 N–H and O–H groups in total. The van der Waals surface area contributed by atoms with Crippen molar-refractivity contribution in [3.05, 3.63) is 0 Å². The van der Waals surface area contributed by atoms with Crippen LogP contribution in [0.4, 0.5) is 0 Å². The first-order valence-corrected chi connectivity index (χ1v) is 8.15. The third-order valence-electron chi connectivity index (χ3n) is 4.21. The normalized spacial score (nSPS) is 37.6. The molecular weight excluding hydrogens is 222 g/mol. The molecule has 1 unspecified atom stereocenters. The van der Waals surface area contributed by atoms with E-state index in [1.54, 1.807) is 0 Å². The van der Waals surface area contributed by atoms with E-state index in [-0.39, 0.29) is 5.25 Å². The summed E-state index contributed by atoms with van der Waals surface area (Å²) in [5.41, 5.74) is 0. The minimum atomic E-state index is -2.76. The maximum Gasteiger partial charge on any atom is 0.154 e. The van der Waals surface area contributed by atoms with Gasteiger partial charge < -0.3 is 5.32 Å². The van der Waals surface area contributed by atoms with Crippen molar-refractivity contribution >= 4 is 9.84 Å². The molecule has 16 heavy (non-hydrogen) atoms. The summed E-state index contributed by atoms with van der Waals surface area (Å²) in [6.07, 6.45) is 4.17. The van der Waals surface area contributed by atoms with Gasteiger partial charge in [-0.2, -0.15) is 0 Å². The number of sulfone groups is 1. The van der Waals surface area contributed by atoms with E-state index in [1.165, 1.54) is 12.8 Å². The Morgan fingerprint density at radius 1 is 1.31 bits per heavy atom. The fourth-order valence-electron chi connectivity index (χ4n) is 2.76. The molecule has 0 bridgehead atoms. The Balaban J connectivity index is 1.70. The summed E-state index contributed by atoms with van der Waals surface area (Å²) >= 11 is 0. The van der Waals surface area contributed by atoms with Gasteiger partial charge in [-0.15, -0.1) is 0 Å². The van der Waals surface area contributed by atoms with Crippen LogP contribution in [0.25, 0.3) is 0 Å². The lowest BCUT2D eigenvalue weighted by atomic mass is 9.74. The summed E-state index contributed by atoms with van der Waals surface area (Å²) in [5.74, 6) is 2.02. The standard InChI is InChI=1S/C12H23NO2S/c1-9(2)10-6-11(7-10)13-8-12-4-3-5-16(12,14)15/h9-13H,3-8H2,1-2H3. The van der Waals surface area contributed by atoms with Crippen LogP contribution >= 0.6 is 0 Å². The summed E-state index contributed by atoms with van der Waals surface area (Å²) in [6, 6.07) is 0.572. The third kappa shape index (κ3) is 2.59. The Labute approximate surface area is 98.9 Å². The van der Waals surface area contributed by atoms with Crippen LogP contribution in [-0.4, -0.2) is 32.0 Å². The zero-order valence-corrected chi connectivity index (χ0v) is 11.1. The molecular formula is C12H23NO2S. The Morgan fingerprint density at radius 2 is 2.00 bits per heavy atom. The van der Waals surface area contributed by atoms with Gasteiger partial charge in [0.05, 0.1) is 11.0 Å². The van der Waals surface area contributed by atoms with Crippen molar-refractivity contribution in [1.29, 1.82) is 0 Å². The van der Waals surface area contributed by atoms with Crippen LogP contribution in [0.15, 0.2) is 0 Å². The fourth-order valence-corrected chi connectivity index (χ4v) is 4.54. The summed E-state index contributed by atoms with van der Waals surface area (Å²) < 4.78 is 23.2. The van der Waals surface area contributed by atoms with Crippen LogP contribution in [0.3, 0.4) is 0 Å². The van der Waals surface area contributed by atoms with E-state index in [1.807, 2.05) is 0 Å². The zero-order valence-electron chi connectivity index (χ0n) is 10.3. The first-order chi connectivity index (χ1) is 7.49. The summed E-state index contributed by atoms with van der Waals surface area (Å²) in [4.78, 5) is 0. The topological polar surface area (TPSA) is 46.2 Å². The fraction of sp³-hybridized carbons (Fsp3) is 1.00. The molecule has 0 spiro atoms. The van der Waals surface area contributed by atoms with E-state index >= 15 is 0 Å². The highest BCUT2D eigenvalue weighted by Crippen LogP contribution is 2.33. The van der Waals surface area contributed by atoms with Crippen molar-refractivity contribution in [2.75, 3.05) is 12.3 Å². The van der Waals surface area contributed by atoms with Crippen LogP contribution in [0, 0.1) is 11.8 Å². The minimum Gasteiger partial charge on any atom is -0.313 e. The minimum absolute atomic E-state index is 0.106. The highest BCUT2D eigenvalue weighted by Gasteiger charge is 2.34. The van der Waals surface area contributed by atoms with Crippen molar-refractivity contribution in [2.45, 2.75) is 50.8 Å². The lowest BCUT2D eigenvalue weighted by Gasteiger charge is -2.39. The average Bonchev–Trinajstić information content (AvgIpc) is 2.42. The molecule has 1 saturated heterocycles. The van der Waals surface area contributed by atoms with Gasteiger partial charge in [-0.25, -0.2) is 8.42 Å². The lowest BCUT2D eigenvalue weighted by Crippen LogP contribution is -2.46. The molecule has 2 rings (SSSR count). The van der Waals surface area contributed by atoms with E-state index in [0.717, 1.165) is 24.7 Å². The quantitative estimate of drug-likeness (QED) is 0.818. The van der Waals surface area contributed by atoms with E-state index in [9.17, 15) is 8.42 Å². The highest BCUT2D eigenvalue weighted by atomic mass is 32.2. The number of rotatable bonds is 4. The summed E-state index contributed by atoms with van der Waals surface area (Å²) in [6.45, 7) is 5.21. The van der Waals surface area contributed by atoms with Crippen LogP contribution in [0.2, 0.25) is 0 Å². The molecule has 0 aromatic carbocycles. The molecule has 2 fully saturated rings. The predicted molar refractivity (Wildman–Crippen MR) is 66.2 cm³/mol. The molecule has 1 atom stereocenters. The van der Waals surface area contributed by atoms with Crippen LogP contribution in [-0.2, 0) is 9.84 Å². The van der Waals surface area contributed by atoms with Gasteiger partial charge in [0.1, 0.15) is 0 Å². The van der Waals surface area contributed by atoms with E-state index in [2.05, 4.69) is 19.2 Å². The largest absolute Gasteiger partial charge is 0.313 e. The van der Waals surface area contributed by atoms with Crippen LogP contribution in [0.1, 0.15) is 39.5 Å². The molecule has 0 amide bonds. The van der Waals surface area contributed by atoms with Gasteiger partial charge in [0.2, 0.25) is 0 Å². The average molecular weight is 245 g/mol. The molecule has 4 heteroatoms. The van der Waals surface area contributed by atoms with Gasteiger partial charge in [-0.1, -0.05) is 13.8 Å². The Kier molecular flexibility index (Phi) is 3.59. The van der Waals surface area contributed by atoms with E-state index in [4.69, 9.17) is 0 Å². The smallest absolute Gasteiger partial charge is 0.154 e. The molecule has 1 aliphatic carbocycles. The molecule has 2 aliphatic rings. The third-order valence-corrected chi connectivity index (χ3v) is 6.49. The van der Waals surface area contributed by atoms with Gasteiger partial charge in [-0.05, 0) is 37.5 Å². The highest BCUT2D eigenvalue weighted by molar-refractivity contribution is 7.92. The molecule has 1 saturated carbocycles. The molecule has 1 heterocycles. The molecule has 0 aromatic heterocycles. The molecule has 1 aliphatic heterocycles. The van der Waals surface area contributed by atoms with Gasteiger partial charge in [0.15, 0.2) is 9.84 Å². The molecule has 3 nitrogen and oxygen atoms in total. The lowest BCUT2D eigenvalue weighted by molar-refractivity contribution is 0.169. The molecule has 0 radical (unpaired) electrons. The van der Waals surface area contributed by atoms with Crippen molar-refractivity contribution in [1.82, 2.24) is 5.32 Å². The first kappa shape index (κ1) is 12.4. The first-order valence-electron chi connectivity index (χ1n) is 6.44. The van der Waals surface area contributed by atoms with E-state index < -0.39 is 9.84 Å². The Bertz CT molecular complexity index is 331. The number of nitrogens with one attached hydrogen (secondary N) is 1. The predicted octanol–water partition coefficient (Wildman–Crippen LogP) is 1.59. The van der Waals surface area contributed by atoms with Crippen LogP contribution < -0.4 is 5.32 Å². The Hall–Kier alpha value is -0.0900. The molecule has 0 aromatic rings. The Morgan fingerprint density at radius 3 is 2.50 bits per heavy atom. The van der Waals surface area contributed by atoms with Crippen molar-refractivity contribution in [3.63, 3.8) is 0 Å². The monoisotopic (exact) mass is 245 g/mol. The van der Waals surface area contributed by atoms with Gasteiger partial charge >= 0.3 is 0 Å². The van der Waals surface area contributed by atoms with Gasteiger partial charge in [0, 0.05) is 12.6 Å². The maximum absolute atomic E-state index is 11.6. The van der Waals surface area contributed by atoms with Crippen molar-refractivity contribution in [3.8, 4) is 0 Å². The summed E-state index contributed by atoms with van der Waals surface area (Å²) in [5, 5.41) is 3.32. The van der Waals surface area contributed by atoms with Crippen LogP contribution in [0.5, 0.6) is 0 Å².